The zero-order valence-corrected chi connectivity index (χ0v) is 20.2. The van der Waals surface area contributed by atoms with Gasteiger partial charge in [0.05, 0.1) is 35.0 Å². The lowest BCUT2D eigenvalue weighted by Gasteiger charge is -2.42. The molecule has 0 unspecified atom stereocenters. The van der Waals surface area contributed by atoms with Gasteiger partial charge in [0.15, 0.2) is 17.9 Å². The third kappa shape index (κ3) is 3.80. The molecule has 1 fully saturated rings. The van der Waals surface area contributed by atoms with Gasteiger partial charge in [-0.25, -0.2) is 0 Å². The van der Waals surface area contributed by atoms with E-state index < -0.39 is 101 Å². The first-order valence-corrected chi connectivity index (χ1v) is 12.0. The molecule has 12 nitrogen and oxygen atoms in total. The minimum atomic E-state index is -2.26. The van der Waals surface area contributed by atoms with E-state index in [0.717, 1.165) is 0 Å². The third-order valence-electron chi connectivity index (χ3n) is 7.60. The number of nitrogens with two attached hydrogens (primary N) is 1. The second-order valence-corrected chi connectivity index (χ2v) is 9.98. The summed E-state index contributed by atoms with van der Waals surface area (Å²) in [6, 6.07) is 3.09. The van der Waals surface area contributed by atoms with Crippen LogP contribution in [0.1, 0.15) is 68.8 Å². The highest BCUT2D eigenvalue weighted by Gasteiger charge is 2.50. The third-order valence-corrected chi connectivity index (χ3v) is 7.60. The SMILES string of the molecule is C[C@@H]1O[C@@H](O[C@H]2C[C@](O)(C(=O)CO)Cc3c(O)c4c(c(O)c32)C(=O)c2c(O)cccc2C4=O)C[C@H](N)[C@@H]1O. The summed E-state index contributed by atoms with van der Waals surface area (Å²) in [5.74, 6) is -4.72. The number of hydrogen-bond acceptors (Lipinski definition) is 12. The minimum absolute atomic E-state index is 0.0000635. The molecule has 0 saturated carbocycles. The number of phenols is 3. The Hall–Kier alpha value is -3.39. The lowest BCUT2D eigenvalue weighted by Crippen LogP contribution is -2.53. The smallest absolute Gasteiger partial charge is 0.202 e. The van der Waals surface area contributed by atoms with Crippen molar-refractivity contribution >= 4 is 17.3 Å². The number of aliphatic hydroxyl groups is 3. The lowest BCUT2D eigenvalue weighted by atomic mass is 9.72. The molecule has 0 spiro atoms. The van der Waals surface area contributed by atoms with Gasteiger partial charge in [0.1, 0.15) is 29.5 Å². The Kier molecular flexibility index (Phi) is 6.29. The van der Waals surface area contributed by atoms with Crippen LogP contribution in [0.15, 0.2) is 18.2 Å². The number of phenolic OH excluding ortho intramolecular Hbond substituents is 3. The molecule has 0 radical (unpaired) electrons. The number of benzene rings is 2. The molecule has 1 heterocycles. The molecule has 0 bridgehead atoms. The summed E-state index contributed by atoms with van der Waals surface area (Å²) in [6.07, 6.45) is -5.27. The number of rotatable bonds is 4. The fourth-order valence-electron chi connectivity index (χ4n) is 5.59. The van der Waals surface area contributed by atoms with Gasteiger partial charge in [-0.1, -0.05) is 12.1 Å². The maximum atomic E-state index is 13.4. The highest BCUT2D eigenvalue weighted by atomic mass is 16.7. The van der Waals surface area contributed by atoms with E-state index in [9.17, 15) is 45.0 Å². The van der Waals surface area contributed by atoms with Crippen molar-refractivity contribution in [1.82, 2.24) is 0 Å². The van der Waals surface area contributed by atoms with Gasteiger partial charge in [0.2, 0.25) is 5.78 Å². The molecule has 2 aromatic carbocycles. The van der Waals surface area contributed by atoms with Crippen LogP contribution in [0.2, 0.25) is 0 Å². The first-order valence-electron chi connectivity index (χ1n) is 12.0. The van der Waals surface area contributed by atoms with Crippen molar-refractivity contribution in [3.05, 3.63) is 51.6 Å². The van der Waals surface area contributed by atoms with Gasteiger partial charge in [-0.2, -0.15) is 0 Å². The van der Waals surface area contributed by atoms with Crippen LogP contribution in [0, 0.1) is 0 Å². The number of ketones is 3. The van der Waals surface area contributed by atoms with Crippen LogP contribution in [-0.2, 0) is 20.7 Å². The zero-order chi connectivity index (χ0) is 27.7. The Labute approximate surface area is 215 Å². The standard InChI is InChI=1S/C26H27NO11/c1-9-21(31)12(27)5-16(37-9)38-14-7-26(36,15(30)8-28)6-11-18(14)25(35)20-19(23(11)33)22(32)10-3-2-4-13(29)17(10)24(20)34/h2-4,9,12,14,16,21,28-29,31,33,35-36H,5-8,27H2,1H3/t9-,12-,14-,16-,21+,26-/m0/s1. The zero-order valence-electron chi connectivity index (χ0n) is 20.2. The van der Waals surface area contributed by atoms with Crippen LogP contribution in [0.25, 0.3) is 0 Å². The summed E-state index contributed by atoms with van der Waals surface area (Å²) < 4.78 is 11.7. The summed E-state index contributed by atoms with van der Waals surface area (Å²) in [5, 5.41) is 63.7. The maximum Gasteiger partial charge on any atom is 0.202 e. The van der Waals surface area contributed by atoms with Crippen LogP contribution in [-0.4, -0.2) is 84.7 Å². The number of ether oxygens (including phenoxy) is 2. The van der Waals surface area contributed by atoms with Crippen molar-refractivity contribution in [2.45, 2.75) is 62.4 Å². The van der Waals surface area contributed by atoms with Crippen molar-refractivity contribution in [3.8, 4) is 17.2 Å². The molecule has 202 valence electrons. The summed E-state index contributed by atoms with van der Waals surface area (Å²) in [5.41, 5.74) is 1.70. The van der Waals surface area contributed by atoms with Crippen molar-refractivity contribution in [3.63, 3.8) is 0 Å². The second kappa shape index (κ2) is 9.12. The summed E-state index contributed by atoms with van der Waals surface area (Å²) in [6.45, 7) is 0.530. The maximum absolute atomic E-state index is 13.4. The van der Waals surface area contributed by atoms with Crippen LogP contribution in [0.5, 0.6) is 17.2 Å². The van der Waals surface area contributed by atoms with Gasteiger partial charge < -0.3 is 45.8 Å². The van der Waals surface area contributed by atoms with Gasteiger partial charge in [-0.05, 0) is 13.0 Å². The molecule has 1 saturated heterocycles. The average Bonchev–Trinajstić information content (AvgIpc) is 2.86. The van der Waals surface area contributed by atoms with Crippen molar-refractivity contribution in [2.75, 3.05) is 6.61 Å². The van der Waals surface area contributed by atoms with Gasteiger partial charge in [-0.3, -0.25) is 14.4 Å². The Bertz CT molecular complexity index is 1360. The largest absolute Gasteiger partial charge is 0.507 e. The molecule has 6 atom stereocenters. The molecule has 38 heavy (non-hydrogen) atoms. The van der Waals surface area contributed by atoms with Crippen molar-refractivity contribution in [2.24, 2.45) is 5.73 Å². The molecule has 5 rings (SSSR count). The molecule has 2 aromatic rings. The number of Topliss-reactive ketones (excluding diaryl/α,β-unsaturated/α-hetero) is 1. The number of aromatic hydroxyl groups is 3. The second-order valence-electron chi connectivity index (χ2n) is 9.98. The Morgan fingerprint density at radius 2 is 1.82 bits per heavy atom. The van der Waals surface area contributed by atoms with Gasteiger partial charge in [0.25, 0.3) is 0 Å². The highest BCUT2D eigenvalue weighted by Crippen LogP contribution is 2.52. The molecule has 3 aliphatic rings. The number of carbonyl (C=O) groups is 3. The van der Waals surface area contributed by atoms with E-state index in [1.807, 2.05) is 0 Å². The molecule has 2 aliphatic carbocycles. The number of hydrogen-bond donors (Lipinski definition) is 7. The number of fused-ring (bicyclic) bond motifs is 3. The lowest BCUT2D eigenvalue weighted by molar-refractivity contribution is -0.247. The number of carbonyl (C=O) groups excluding carboxylic acids is 3. The van der Waals surface area contributed by atoms with Crippen LogP contribution >= 0.6 is 0 Å². The van der Waals surface area contributed by atoms with E-state index in [1.54, 1.807) is 6.92 Å². The Morgan fingerprint density at radius 3 is 2.47 bits per heavy atom. The van der Waals surface area contributed by atoms with E-state index in [1.165, 1.54) is 18.2 Å². The molecular weight excluding hydrogens is 502 g/mol. The predicted octanol–water partition coefficient (Wildman–Crippen LogP) is -0.302. The van der Waals surface area contributed by atoms with Crippen molar-refractivity contribution < 1.29 is 54.5 Å². The monoisotopic (exact) mass is 529 g/mol. The predicted molar refractivity (Wildman–Crippen MR) is 127 cm³/mol. The first-order chi connectivity index (χ1) is 17.9. The molecule has 0 aromatic heterocycles. The van der Waals surface area contributed by atoms with E-state index in [-0.39, 0.29) is 28.7 Å². The fraction of sp³-hybridized carbons (Fsp3) is 0.423. The summed E-state index contributed by atoms with van der Waals surface area (Å²) in [7, 11) is 0. The summed E-state index contributed by atoms with van der Waals surface area (Å²) >= 11 is 0. The highest BCUT2D eigenvalue weighted by molar-refractivity contribution is 6.31. The summed E-state index contributed by atoms with van der Waals surface area (Å²) in [4.78, 5) is 39.3. The molecule has 1 aliphatic heterocycles. The Morgan fingerprint density at radius 1 is 1.13 bits per heavy atom. The Balaban J connectivity index is 1.68. The quantitative estimate of drug-likeness (QED) is 0.217. The topological polar surface area (TPSA) is 217 Å². The van der Waals surface area contributed by atoms with Gasteiger partial charge in [0, 0.05) is 42.0 Å². The van der Waals surface area contributed by atoms with Gasteiger partial charge in [-0.15, -0.1) is 0 Å². The number of aliphatic hydroxyl groups excluding tert-OH is 2. The molecule has 12 heteroatoms. The normalized spacial score (nSPS) is 30.4. The fourth-order valence-corrected chi connectivity index (χ4v) is 5.59. The minimum Gasteiger partial charge on any atom is -0.507 e. The van der Waals surface area contributed by atoms with Crippen molar-refractivity contribution in [1.29, 1.82) is 0 Å². The van der Waals surface area contributed by atoms with E-state index >= 15 is 0 Å². The van der Waals surface area contributed by atoms with Crippen LogP contribution < -0.4 is 5.73 Å². The molecular formula is C26H27NO11. The van der Waals surface area contributed by atoms with Crippen LogP contribution in [0.3, 0.4) is 0 Å². The van der Waals surface area contributed by atoms with E-state index in [4.69, 9.17) is 15.2 Å². The van der Waals surface area contributed by atoms with Crippen LogP contribution in [0.4, 0.5) is 0 Å². The molecule has 8 N–H and O–H groups in total. The van der Waals surface area contributed by atoms with E-state index in [2.05, 4.69) is 0 Å². The average molecular weight is 529 g/mol. The van der Waals surface area contributed by atoms with Gasteiger partial charge >= 0.3 is 0 Å². The van der Waals surface area contributed by atoms with E-state index in [0.29, 0.717) is 0 Å². The molecule has 0 amide bonds. The first kappa shape index (κ1) is 26.2.